The number of aliphatic carboxylic acids is 2. The molecule has 0 radical (unpaired) electrons. The molecule has 0 saturated carbocycles. The number of rotatable bonds is 19. The molecule has 2 saturated heterocycles. The minimum absolute atomic E-state index is 0.0273. The van der Waals surface area contributed by atoms with Crippen LogP contribution >= 0.6 is 21.6 Å². The van der Waals surface area contributed by atoms with E-state index in [2.05, 4.69) is 52.8 Å². The van der Waals surface area contributed by atoms with E-state index in [4.69, 9.17) is 11.5 Å². The molecule has 0 spiro atoms. The Balaban J connectivity index is 1.34. The van der Waals surface area contributed by atoms with Crippen molar-refractivity contribution in [1.82, 2.24) is 57.7 Å². The first-order valence-corrected chi connectivity index (χ1v) is 33.6. The number of primary amides is 1. The highest BCUT2D eigenvalue weighted by Gasteiger charge is 2.39. The largest absolute Gasteiger partial charge is 0.508 e. The van der Waals surface area contributed by atoms with Crippen molar-refractivity contribution in [1.29, 1.82) is 0 Å². The highest BCUT2D eigenvalue weighted by molar-refractivity contribution is 8.76. The number of amides is 11. The smallest absolute Gasteiger partial charge is 0.305 e. The molecule has 1 aromatic heterocycles. The van der Waals surface area contributed by atoms with Crippen LogP contribution in [0, 0.1) is 5.92 Å². The van der Waals surface area contributed by atoms with E-state index in [1.807, 2.05) is 0 Å². The Kier molecular flexibility index (Phi) is 29.0. The van der Waals surface area contributed by atoms with Gasteiger partial charge in [0.05, 0.1) is 6.42 Å². The molecule has 0 aliphatic carbocycles. The van der Waals surface area contributed by atoms with Crippen LogP contribution in [0.15, 0.2) is 79.0 Å². The van der Waals surface area contributed by atoms with Crippen molar-refractivity contribution in [3.63, 3.8) is 0 Å². The number of phenolic OH excluding ortho intramolecular Hbond substituents is 2. The summed E-state index contributed by atoms with van der Waals surface area (Å²) >= 11 is 0. The molecule has 2 aliphatic heterocycles. The van der Waals surface area contributed by atoms with Crippen molar-refractivity contribution in [3.8, 4) is 11.5 Å². The van der Waals surface area contributed by atoms with Gasteiger partial charge in [0.1, 0.15) is 65.9 Å². The molecule has 30 nitrogen and oxygen atoms in total. The Morgan fingerprint density at radius 3 is 1.96 bits per heavy atom. The summed E-state index contributed by atoms with van der Waals surface area (Å²) in [6.45, 7) is 3.54. The van der Waals surface area contributed by atoms with Crippen LogP contribution in [-0.2, 0) is 81.6 Å². The first-order chi connectivity index (χ1) is 45.3. The lowest BCUT2D eigenvalue weighted by molar-refractivity contribution is -0.141. The maximum atomic E-state index is 14.8. The number of aromatic hydroxyl groups is 2. The summed E-state index contributed by atoms with van der Waals surface area (Å²) in [5, 5.41) is 63.9. The number of nitrogens with one attached hydrogen (secondary N) is 10. The molecule has 514 valence electrons. The molecular formula is C63H83N13O17S2. The van der Waals surface area contributed by atoms with Gasteiger partial charge in [0.2, 0.25) is 65.0 Å². The van der Waals surface area contributed by atoms with Gasteiger partial charge < -0.3 is 89.6 Å². The second kappa shape index (κ2) is 36.9. The molecule has 3 heterocycles. The zero-order valence-electron chi connectivity index (χ0n) is 52.5. The third-order valence-electron chi connectivity index (χ3n) is 15.8. The van der Waals surface area contributed by atoms with Gasteiger partial charge in [-0.2, -0.15) is 0 Å². The van der Waals surface area contributed by atoms with Gasteiger partial charge in [0.15, 0.2) is 0 Å². The van der Waals surface area contributed by atoms with E-state index in [0.29, 0.717) is 40.4 Å². The number of carboxylic acids is 2. The summed E-state index contributed by atoms with van der Waals surface area (Å²) in [6.07, 6.45) is 0.0481. The molecule has 95 heavy (non-hydrogen) atoms. The number of carboxylic acid groups (broad SMARTS) is 2. The number of nitrogens with zero attached hydrogens (tertiary/aromatic N) is 1. The van der Waals surface area contributed by atoms with Crippen molar-refractivity contribution in [2.75, 3.05) is 31.1 Å². The Bertz CT molecular complexity index is 3390. The van der Waals surface area contributed by atoms with Crippen molar-refractivity contribution in [2.45, 2.75) is 152 Å². The van der Waals surface area contributed by atoms with E-state index in [1.54, 1.807) is 56.4 Å². The molecule has 18 N–H and O–H groups in total. The second-order valence-electron chi connectivity index (χ2n) is 23.4. The first-order valence-electron chi connectivity index (χ1n) is 31.1. The molecule has 0 unspecified atom stereocenters. The molecule has 9 atom stereocenters. The fourth-order valence-electron chi connectivity index (χ4n) is 10.6. The van der Waals surface area contributed by atoms with Crippen LogP contribution in [-0.4, -0.2) is 193 Å². The maximum absolute atomic E-state index is 14.8. The Hall–Kier alpha value is -9.43. The molecule has 32 heteroatoms. The van der Waals surface area contributed by atoms with Gasteiger partial charge in [-0.05, 0) is 85.0 Å². The van der Waals surface area contributed by atoms with Crippen LogP contribution in [0.5, 0.6) is 11.5 Å². The fraction of sp³-hybridized carbons (Fsp3) is 0.476. The SMILES string of the molecule is CC(C)[C@@H]1NC(=O)[C@@H](NC(=O)[C@H](Cc2ccc(O)cc2)NC(=O)[C@H]2CCCN2C(=O)CCN)CSSC[C@@H](C(N)=O)NC(=O)[C@H](CCC(=O)O)NC(=O)[C@H](Cc2c[nH]c3ccccc23)NC(=O)[C@H](CC(=O)O)NC(=O)CCCCCNC(=O)[C@H](Cc2ccc(O)cc2)NC1=O. The molecule has 4 aromatic rings. The number of para-hydroxylation sites is 1. The first kappa shape index (κ1) is 74.6. The fourth-order valence-corrected chi connectivity index (χ4v) is 13.0. The van der Waals surface area contributed by atoms with E-state index < -0.39 is 151 Å². The average Bonchev–Trinajstić information content (AvgIpc) is 1.75. The Morgan fingerprint density at radius 2 is 1.29 bits per heavy atom. The number of carbonyl (C=O) groups excluding carboxylic acids is 11. The van der Waals surface area contributed by atoms with E-state index in [-0.39, 0.29) is 99.9 Å². The van der Waals surface area contributed by atoms with E-state index in [0.717, 1.165) is 21.6 Å². The number of carbonyl (C=O) groups is 13. The zero-order chi connectivity index (χ0) is 69.3. The molecular weight excluding hydrogens is 1270 g/mol. The van der Waals surface area contributed by atoms with Crippen LogP contribution < -0.4 is 59.3 Å². The van der Waals surface area contributed by atoms with Crippen molar-refractivity contribution >= 4 is 109 Å². The van der Waals surface area contributed by atoms with Crippen LogP contribution in [0.3, 0.4) is 0 Å². The lowest BCUT2D eigenvalue weighted by atomic mass is 10.0. The number of H-pyrrole nitrogens is 1. The Morgan fingerprint density at radius 1 is 0.663 bits per heavy atom. The minimum Gasteiger partial charge on any atom is -0.508 e. The van der Waals surface area contributed by atoms with Crippen LogP contribution in [0.4, 0.5) is 0 Å². The number of aromatic amines is 1. The molecule has 0 bridgehead atoms. The van der Waals surface area contributed by atoms with Gasteiger partial charge >= 0.3 is 11.9 Å². The van der Waals surface area contributed by atoms with Gasteiger partial charge in [0, 0.05) is 86.8 Å². The summed E-state index contributed by atoms with van der Waals surface area (Å²) in [6, 6.07) is 5.19. The summed E-state index contributed by atoms with van der Waals surface area (Å²) in [4.78, 5) is 183. The average molecular weight is 1360 g/mol. The number of aromatic nitrogens is 1. The quantitative estimate of drug-likeness (QED) is 0.0520. The number of likely N-dealkylation sites (tertiary alicyclic amines) is 1. The third kappa shape index (κ3) is 23.5. The van der Waals surface area contributed by atoms with Gasteiger partial charge in [0.25, 0.3) is 0 Å². The van der Waals surface area contributed by atoms with E-state index in [9.17, 15) is 82.8 Å². The standard InChI is InChI=1S/C63H83N13O17S2/c1-34(2)54-63(93)72-43(27-35-13-17-38(77)18-14-35)56(86)66-25-7-3-4-12-50(79)68-46(30-53(83)84)60(90)70-45(29-37-31-67-41-10-6-5-9-40(37)41)59(89)69-42(21-22-52(81)82)57(87)73-47(55(65)85)32-94-95-33-48(61(91)75-54)74-58(88)44(28-36-15-19-39(78)20-16-36)71-62(92)49-11-8-26-76(49)51(80)23-24-64/h5-6,9-10,13-20,31,34,42-49,54,67,77-78H,3-4,7-8,11-12,21-30,32-33,64H2,1-2H3,(H2,65,85)(H,66,86)(H,68,79)(H,69,89)(H,70,90)(H,71,92)(H,72,93)(H,73,87)(H,74,88)(H,75,91)(H,81,82)(H,83,84)/t42-,43-,44-,45-,46-,47-,48-,49+,54-/m0/s1. The van der Waals surface area contributed by atoms with Crippen LogP contribution in [0.1, 0.15) is 94.7 Å². The monoisotopic (exact) mass is 1360 g/mol. The lowest BCUT2D eigenvalue weighted by Gasteiger charge is -2.29. The summed E-state index contributed by atoms with van der Waals surface area (Å²) < 4.78 is 0. The highest BCUT2D eigenvalue weighted by atomic mass is 33.1. The van der Waals surface area contributed by atoms with Crippen LogP contribution in [0.2, 0.25) is 0 Å². The highest BCUT2D eigenvalue weighted by Crippen LogP contribution is 2.25. The van der Waals surface area contributed by atoms with Gasteiger partial charge in [-0.25, -0.2) is 0 Å². The van der Waals surface area contributed by atoms with Crippen molar-refractivity contribution < 1.29 is 82.8 Å². The predicted molar refractivity (Wildman–Crippen MR) is 349 cm³/mol. The lowest BCUT2D eigenvalue weighted by Crippen LogP contribution is -2.61. The summed E-state index contributed by atoms with van der Waals surface area (Å²) in [7, 11) is 1.75. The number of benzene rings is 3. The summed E-state index contributed by atoms with van der Waals surface area (Å²) in [5.41, 5.74) is 13.6. The number of phenols is 2. The zero-order valence-corrected chi connectivity index (χ0v) is 54.2. The minimum atomic E-state index is -1.73. The van der Waals surface area contributed by atoms with Gasteiger partial charge in [-0.3, -0.25) is 62.3 Å². The Labute approximate surface area is 554 Å². The molecule has 11 amide bonds. The number of hydrogen-bond donors (Lipinski definition) is 16. The topological polar surface area (TPSA) is 482 Å². The van der Waals surface area contributed by atoms with Gasteiger partial charge in [-0.1, -0.05) is 84.3 Å². The molecule has 2 fully saturated rings. The second-order valence-corrected chi connectivity index (χ2v) is 26.0. The number of hydrogen-bond acceptors (Lipinski definition) is 18. The van der Waals surface area contributed by atoms with E-state index in [1.165, 1.54) is 41.3 Å². The number of fused-ring (bicyclic) bond motifs is 1. The van der Waals surface area contributed by atoms with E-state index >= 15 is 0 Å². The molecule has 2 aliphatic rings. The van der Waals surface area contributed by atoms with Gasteiger partial charge in [-0.15, -0.1) is 0 Å². The maximum Gasteiger partial charge on any atom is 0.305 e. The third-order valence-corrected chi connectivity index (χ3v) is 18.2. The molecule has 3 aromatic carbocycles. The normalized spacial score (nSPS) is 22.5. The predicted octanol–water partition coefficient (Wildman–Crippen LogP) is -0.622. The number of nitrogens with two attached hydrogens (primary N) is 2. The van der Waals surface area contributed by atoms with Crippen molar-refractivity contribution in [2.24, 2.45) is 17.4 Å². The van der Waals surface area contributed by atoms with Crippen LogP contribution in [0.25, 0.3) is 10.9 Å². The molecule has 6 rings (SSSR count). The van der Waals surface area contributed by atoms with Crippen molar-refractivity contribution in [3.05, 3.63) is 95.7 Å². The summed E-state index contributed by atoms with van der Waals surface area (Å²) in [5.74, 6) is -13.9.